The first kappa shape index (κ1) is 9.86. The third kappa shape index (κ3) is 1.43. The molecule has 4 nitrogen and oxygen atoms in total. The maximum absolute atomic E-state index is 11.2. The predicted molar refractivity (Wildman–Crippen MR) is 56.9 cm³/mol. The van der Waals surface area contributed by atoms with Crippen molar-refractivity contribution in [1.82, 2.24) is 0 Å². The Labute approximate surface area is 90.7 Å². The molecule has 2 rings (SSSR count). The Kier molecular flexibility index (Phi) is 2.08. The number of anilines is 1. The molecule has 0 spiro atoms. The standard InChI is InChI=1S/C10H7ClN2O2/c1-4(14)5-2-6-8(3-7(5)11)13-10(15)9(6)12/h2-3H,1H3,(H2,12,13,15). The summed E-state index contributed by atoms with van der Waals surface area (Å²) in [5.74, 6) is -0.656. The number of amides is 1. The molecule has 5 heteroatoms. The van der Waals surface area contributed by atoms with Crippen LogP contribution in [0.3, 0.4) is 0 Å². The Bertz CT molecular complexity index is 508. The highest BCUT2D eigenvalue weighted by molar-refractivity contribution is 6.53. The van der Waals surface area contributed by atoms with Crippen LogP contribution in [0.25, 0.3) is 0 Å². The van der Waals surface area contributed by atoms with Crippen molar-refractivity contribution in [3.63, 3.8) is 0 Å². The van der Waals surface area contributed by atoms with Crippen molar-refractivity contribution in [1.29, 1.82) is 5.41 Å². The summed E-state index contributed by atoms with van der Waals surface area (Å²) in [7, 11) is 0. The van der Waals surface area contributed by atoms with Gasteiger partial charge in [0, 0.05) is 11.1 Å². The number of hydrogen-bond acceptors (Lipinski definition) is 3. The van der Waals surface area contributed by atoms with Crippen molar-refractivity contribution >= 4 is 34.7 Å². The lowest BCUT2D eigenvalue weighted by Gasteiger charge is -2.03. The molecule has 1 aromatic carbocycles. The van der Waals surface area contributed by atoms with Gasteiger partial charge in [-0.05, 0) is 19.1 Å². The van der Waals surface area contributed by atoms with E-state index in [1.807, 2.05) is 0 Å². The monoisotopic (exact) mass is 222 g/mol. The summed E-state index contributed by atoms with van der Waals surface area (Å²) in [5, 5.41) is 10.3. The molecule has 0 unspecified atom stereocenters. The van der Waals surface area contributed by atoms with Crippen molar-refractivity contribution in [2.24, 2.45) is 0 Å². The quantitative estimate of drug-likeness (QED) is 0.712. The summed E-state index contributed by atoms with van der Waals surface area (Å²) in [5.41, 5.74) is 1.11. The van der Waals surface area contributed by atoms with Gasteiger partial charge in [-0.2, -0.15) is 0 Å². The number of fused-ring (bicyclic) bond motifs is 1. The van der Waals surface area contributed by atoms with Gasteiger partial charge in [-0.1, -0.05) is 11.6 Å². The largest absolute Gasteiger partial charge is 0.320 e. The van der Waals surface area contributed by atoms with E-state index in [1.165, 1.54) is 19.1 Å². The summed E-state index contributed by atoms with van der Waals surface area (Å²) in [4.78, 5) is 22.4. The number of hydrogen-bond donors (Lipinski definition) is 2. The highest BCUT2D eigenvalue weighted by atomic mass is 35.5. The summed E-state index contributed by atoms with van der Waals surface area (Å²) < 4.78 is 0. The first-order valence-corrected chi connectivity index (χ1v) is 4.63. The van der Waals surface area contributed by atoms with E-state index < -0.39 is 5.91 Å². The maximum atomic E-state index is 11.2. The number of carbonyl (C=O) groups excluding carboxylic acids is 2. The molecule has 0 fully saturated rings. The average molecular weight is 223 g/mol. The lowest BCUT2D eigenvalue weighted by Crippen LogP contribution is -2.12. The van der Waals surface area contributed by atoms with Crippen molar-refractivity contribution in [3.05, 3.63) is 28.3 Å². The van der Waals surface area contributed by atoms with E-state index >= 15 is 0 Å². The normalized spacial score (nSPS) is 13.7. The van der Waals surface area contributed by atoms with Crippen LogP contribution in [0.2, 0.25) is 5.02 Å². The van der Waals surface area contributed by atoms with Crippen LogP contribution in [0.1, 0.15) is 22.8 Å². The molecule has 1 aliphatic heterocycles. The maximum Gasteiger partial charge on any atom is 0.274 e. The molecule has 0 bridgehead atoms. The molecule has 15 heavy (non-hydrogen) atoms. The zero-order chi connectivity index (χ0) is 11.2. The van der Waals surface area contributed by atoms with Crippen LogP contribution in [0, 0.1) is 5.41 Å². The second kappa shape index (κ2) is 3.17. The van der Waals surface area contributed by atoms with Gasteiger partial charge in [0.25, 0.3) is 5.91 Å². The number of halogens is 1. The van der Waals surface area contributed by atoms with E-state index in [9.17, 15) is 9.59 Å². The lowest BCUT2D eigenvalue weighted by molar-refractivity contribution is -0.110. The Balaban J connectivity index is 2.65. The first-order valence-electron chi connectivity index (χ1n) is 4.25. The van der Waals surface area contributed by atoms with Gasteiger partial charge in [0.2, 0.25) is 0 Å². The van der Waals surface area contributed by atoms with Gasteiger partial charge in [-0.25, -0.2) is 0 Å². The number of nitrogens with one attached hydrogen (secondary N) is 2. The zero-order valence-electron chi connectivity index (χ0n) is 7.85. The number of rotatable bonds is 1. The molecule has 76 valence electrons. The highest BCUT2D eigenvalue weighted by Crippen LogP contribution is 2.29. The minimum Gasteiger partial charge on any atom is -0.320 e. The minimum absolute atomic E-state index is 0.135. The topological polar surface area (TPSA) is 70.0 Å². The molecule has 0 aliphatic carbocycles. The Morgan fingerprint density at radius 3 is 2.73 bits per heavy atom. The Hall–Kier alpha value is -1.68. The molecule has 1 aliphatic rings. The molecule has 1 heterocycles. The molecule has 1 aromatic rings. The second-order valence-corrected chi connectivity index (χ2v) is 3.67. The molecule has 0 atom stereocenters. The van der Waals surface area contributed by atoms with Gasteiger partial charge in [0.05, 0.1) is 10.7 Å². The van der Waals surface area contributed by atoms with Crippen LogP contribution >= 0.6 is 11.6 Å². The van der Waals surface area contributed by atoms with Crippen molar-refractivity contribution in [3.8, 4) is 0 Å². The van der Waals surface area contributed by atoms with Crippen LogP contribution in [0.15, 0.2) is 12.1 Å². The van der Waals surface area contributed by atoms with E-state index in [1.54, 1.807) is 0 Å². The van der Waals surface area contributed by atoms with Crippen LogP contribution in [-0.4, -0.2) is 17.4 Å². The van der Waals surface area contributed by atoms with E-state index in [2.05, 4.69) is 5.32 Å². The number of carbonyl (C=O) groups is 2. The van der Waals surface area contributed by atoms with Crippen LogP contribution in [-0.2, 0) is 4.79 Å². The van der Waals surface area contributed by atoms with Gasteiger partial charge < -0.3 is 5.32 Å². The van der Waals surface area contributed by atoms with E-state index in [4.69, 9.17) is 17.0 Å². The predicted octanol–water partition coefficient (Wildman–Crippen LogP) is 1.86. The number of ketones is 1. The van der Waals surface area contributed by atoms with E-state index in [0.717, 1.165) is 0 Å². The third-order valence-corrected chi connectivity index (χ3v) is 2.54. The molecule has 0 saturated carbocycles. The van der Waals surface area contributed by atoms with Gasteiger partial charge >= 0.3 is 0 Å². The molecular formula is C10H7ClN2O2. The van der Waals surface area contributed by atoms with E-state index in [0.29, 0.717) is 16.8 Å². The molecule has 0 saturated heterocycles. The van der Waals surface area contributed by atoms with Gasteiger partial charge in [0.15, 0.2) is 5.78 Å². The van der Waals surface area contributed by atoms with Crippen LogP contribution < -0.4 is 5.32 Å². The van der Waals surface area contributed by atoms with Crippen LogP contribution in [0.5, 0.6) is 0 Å². The molecular weight excluding hydrogens is 216 g/mol. The Morgan fingerprint density at radius 1 is 1.47 bits per heavy atom. The van der Waals surface area contributed by atoms with Crippen molar-refractivity contribution in [2.75, 3.05) is 5.32 Å². The second-order valence-electron chi connectivity index (χ2n) is 3.26. The summed E-state index contributed by atoms with van der Waals surface area (Å²) in [6.45, 7) is 1.39. The summed E-state index contributed by atoms with van der Waals surface area (Å²) >= 11 is 5.86. The SMILES string of the molecule is CC(=O)c1cc2c(cc1Cl)NC(=O)C2=N. The lowest BCUT2D eigenvalue weighted by atomic mass is 10.0. The zero-order valence-corrected chi connectivity index (χ0v) is 8.61. The Morgan fingerprint density at radius 2 is 2.13 bits per heavy atom. The van der Waals surface area contributed by atoms with Crippen molar-refractivity contribution < 1.29 is 9.59 Å². The molecule has 0 radical (unpaired) electrons. The minimum atomic E-state index is -0.471. The number of benzene rings is 1. The fraction of sp³-hybridized carbons (Fsp3) is 0.100. The van der Waals surface area contributed by atoms with Gasteiger partial charge in [0.1, 0.15) is 5.71 Å². The third-order valence-electron chi connectivity index (χ3n) is 2.23. The summed E-state index contributed by atoms with van der Waals surface area (Å²) in [6.07, 6.45) is 0. The molecule has 1 amide bonds. The molecule has 2 N–H and O–H groups in total. The summed E-state index contributed by atoms with van der Waals surface area (Å²) in [6, 6.07) is 2.97. The highest BCUT2D eigenvalue weighted by Gasteiger charge is 2.26. The smallest absolute Gasteiger partial charge is 0.274 e. The van der Waals surface area contributed by atoms with Gasteiger partial charge in [-0.3, -0.25) is 15.0 Å². The van der Waals surface area contributed by atoms with Crippen LogP contribution in [0.4, 0.5) is 5.69 Å². The fourth-order valence-electron chi connectivity index (χ4n) is 1.46. The fourth-order valence-corrected chi connectivity index (χ4v) is 1.76. The van der Waals surface area contributed by atoms with Crippen molar-refractivity contribution in [2.45, 2.75) is 6.92 Å². The van der Waals surface area contributed by atoms with E-state index in [-0.39, 0.29) is 16.5 Å². The molecule has 0 aromatic heterocycles. The number of Topliss-reactive ketones (excluding diaryl/α,β-unsaturated/α-hetero) is 1. The van der Waals surface area contributed by atoms with Gasteiger partial charge in [-0.15, -0.1) is 0 Å². The average Bonchev–Trinajstić information content (AvgIpc) is 2.41. The first-order chi connectivity index (χ1) is 7.00.